The molecule has 0 aromatic rings. The Bertz CT molecular complexity index is 188. The van der Waals surface area contributed by atoms with E-state index in [9.17, 15) is 0 Å². The highest BCUT2D eigenvalue weighted by Gasteiger charge is 2.18. The minimum atomic E-state index is 0.328. The van der Waals surface area contributed by atoms with Crippen LogP contribution in [0.3, 0.4) is 0 Å². The molecule has 0 aliphatic carbocycles. The van der Waals surface area contributed by atoms with Crippen molar-refractivity contribution in [3.05, 3.63) is 0 Å². The van der Waals surface area contributed by atoms with Crippen molar-refractivity contribution >= 4 is 0 Å². The molecule has 0 saturated carbocycles. The second kappa shape index (κ2) is 6.80. The van der Waals surface area contributed by atoms with Crippen molar-refractivity contribution in [1.82, 2.24) is 4.90 Å². The van der Waals surface area contributed by atoms with E-state index >= 15 is 0 Å². The van der Waals surface area contributed by atoms with Crippen LogP contribution in [0.1, 0.15) is 32.1 Å². The van der Waals surface area contributed by atoms with Crippen molar-refractivity contribution in [3.63, 3.8) is 0 Å². The van der Waals surface area contributed by atoms with E-state index in [1.807, 2.05) is 0 Å². The lowest BCUT2D eigenvalue weighted by molar-refractivity contribution is 0.119. The van der Waals surface area contributed by atoms with Gasteiger partial charge in [0.05, 0.1) is 6.07 Å². The summed E-state index contributed by atoms with van der Waals surface area (Å²) in [6, 6.07) is 2.17. The fraction of sp³-hybridized carbons (Fsp3) is 0.909. The van der Waals surface area contributed by atoms with Crippen molar-refractivity contribution in [2.75, 3.05) is 26.2 Å². The Morgan fingerprint density at radius 2 is 2.29 bits per heavy atom. The number of aliphatic hydroxyl groups is 1. The minimum absolute atomic E-state index is 0.328. The lowest BCUT2D eigenvalue weighted by Crippen LogP contribution is -2.37. The lowest BCUT2D eigenvalue weighted by Gasteiger charge is -2.31. The standard InChI is InChI=1S/C11H20N2O/c12-6-2-1-3-7-13-8-4-5-11(9-13)10-14/h11,14H,1-5,7-10H2/t11-/m1/s1. The SMILES string of the molecule is N#CCCCCN1CCC[C@@H](CO)C1. The van der Waals surface area contributed by atoms with Crippen LogP contribution >= 0.6 is 0 Å². The Labute approximate surface area is 86.3 Å². The van der Waals surface area contributed by atoms with Crippen molar-refractivity contribution in [2.24, 2.45) is 5.92 Å². The van der Waals surface area contributed by atoms with E-state index in [2.05, 4.69) is 11.0 Å². The molecule has 1 heterocycles. The van der Waals surface area contributed by atoms with Gasteiger partial charge in [-0.2, -0.15) is 5.26 Å². The lowest BCUT2D eigenvalue weighted by atomic mass is 9.99. The van der Waals surface area contributed by atoms with Gasteiger partial charge in [0.15, 0.2) is 0 Å². The van der Waals surface area contributed by atoms with Crippen LogP contribution in [-0.4, -0.2) is 36.2 Å². The van der Waals surface area contributed by atoms with Gasteiger partial charge >= 0.3 is 0 Å². The molecule has 1 fully saturated rings. The molecule has 1 saturated heterocycles. The van der Waals surface area contributed by atoms with Gasteiger partial charge in [0.2, 0.25) is 0 Å². The van der Waals surface area contributed by atoms with Crippen LogP contribution in [0.25, 0.3) is 0 Å². The quantitative estimate of drug-likeness (QED) is 0.676. The summed E-state index contributed by atoms with van der Waals surface area (Å²) in [5.74, 6) is 0.486. The molecule has 1 atom stereocenters. The molecule has 3 nitrogen and oxygen atoms in total. The summed E-state index contributed by atoms with van der Waals surface area (Å²) >= 11 is 0. The molecule has 1 aliphatic heterocycles. The third kappa shape index (κ3) is 4.08. The minimum Gasteiger partial charge on any atom is -0.396 e. The first-order chi connectivity index (χ1) is 6.86. The number of nitriles is 1. The molecule has 1 N–H and O–H groups in total. The van der Waals surface area contributed by atoms with E-state index in [4.69, 9.17) is 10.4 Å². The molecule has 0 spiro atoms. The molecular weight excluding hydrogens is 176 g/mol. The highest BCUT2D eigenvalue weighted by molar-refractivity contribution is 4.73. The van der Waals surface area contributed by atoms with Crippen LogP contribution in [0.2, 0.25) is 0 Å². The third-order valence-corrected chi connectivity index (χ3v) is 2.87. The molecule has 3 heteroatoms. The topological polar surface area (TPSA) is 47.3 Å². The maximum absolute atomic E-state index is 9.05. The normalized spacial score (nSPS) is 23.3. The van der Waals surface area contributed by atoms with Gasteiger partial charge in [-0.15, -0.1) is 0 Å². The van der Waals surface area contributed by atoms with Crippen molar-refractivity contribution < 1.29 is 5.11 Å². The summed E-state index contributed by atoms with van der Waals surface area (Å²) in [7, 11) is 0. The van der Waals surface area contributed by atoms with Gasteiger partial charge in [0, 0.05) is 19.6 Å². The van der Waals surface area contributed by atoms with Crippen molar-refractivity contribution in [1.29, 1.82) is 5.26 Å². The van der Waals surface area contributed by atoms with Gasteiger partial charge < -0.3 is 10.0 Å². The van der Waals surface area contributed by atoms with E-state index < -0.39 is 0 Å². The Hall–Kier alpha value is -0.590. The number of piperidine rings is 1. The van der Waals surface area contributed by atoms with Gasteiger partial charge in [-0.1, -0.05) is 0 Å². The zero-order valence-corrected chi connectivity index (χ0v) is 8.78. The van der Waals surface area contributed by atoms with Gasteiger partial charge in [0.25, 0.3) is 0 Å². The van der Waals surface area contributed by atoms with Gasteiger partial charge in [0.1, 0.15) is 0 Å². The molecule has 0 radical (unpaired) electrons. The summed E-state index contributed by atoms with van der Waals surface area (Å²) in [6.45, 7) is 3.64. The van der Waals surface area contributed by atoms with Crippen LogP contribution in [-0.2, 0) is 0 Å². The highest BCUT2D eigenvalue weighted by Crippen LogP contribution is 2.16. The number of hydrogen-bond donors (Lipinski definition) is 1. The molecule has 1 rings (SSSR count). The van der Waals surface area contributed by atoms with Crippen LogP contribution in [0.15, 0.2) is 0 Å². The second-order valence-corrected chi connectivity index (χ2v) is 4.11. The van der Waals surface area contributed by atoms with Crippen molar-refractivity contribution in [2.45, 2.75) is 32.1 Å². The number of hydrogen-bond acceptors (Lipinski definition) is 3. The number of nitrogens with zero attached hydrogens (tertiary/aromatic N) is 2. The van der Waals surface area contributed by atoms with Gasteiger partial charge in [-0.3, -0.25) is 0 Å². The van der Waals surface area contributed by atoms with Crippen molar-refractivity contribution in [3.8, 4) is 6.07 Å². The maximum Gasteiger partial charge on any atom is 0.0621 e. The third-order valence-electron chi connectivity index (χ3n) is 2.87. The summed E-state index contributed by atoms with van der Waals surface area (Å²) < 4.78 is 0. The largest absolute Gasteiger partial charge is 0.396 e. The summed E-state index contributed by atoms with van der Waals surface area (Å²) in [5.41, 5.74) is 0. The predicted molar refractivity (Wildman–Crippen MR) is 55.7 cm³/mol. The van der Waals surface area contributed by atoms with E-state index in [0.717, 1.165) is 25.9 Å². The molecule has 0 aromatic carbocycles. The Balaban J connectivity index is 2.08. The van der Waals surface area contributed by atoms with Gasteiger partial charge in [-0.05, 0) is 44.7 Å². The number of unbranched alkanes of at least 4 members (excludes halogenated alkanes) is 2. The monoisotopic (exact) mass is 196 g/mol. The van der Waals surface area contributed by atoms with E-state index in [0.29, 0.717) is 18.9 Å². The molecule has 14 heavy (non-hydrogen) atoms. The Morgan fingerprint density at radius 3 is 3.00 bits per heavy atom. The first-order valence-electron chi connectivity index (χ1n) is 5.57. The molecular formula is C11H20N2O. The molecule has 0 bridgehead atoms. The first-order valence-corrected chi connectivity index (χ1v) is 5.57. The fourth-order valence-electron chi connectivity index (χ4n) is 2.04. The second-order valence-electron chi connectivity index (χ2n) is 4.11. The number of aliphatic hydroxyl groups excluding tert-OH is 1. The van der Waals surface area contributed by atoms with E-state index in [1.54, 1.807) is 0 Å². The smallest absolute Gasteiger partial charge is 0.0621 e. The van der Waals surface area contributed by atoms with Gasteiger partial charge in [-0.25, -0.2) is 0 Å². The maximum atomic E-state index is 9.05. The number of rotatable bonds is 5. The molecule has 80 valence electrons. The Morgan fingerprint density at radius 1 is 1.43 bits per heavy atom. The fourth-order valence-corrected chi connectivity index (χ4v) is 2.04. The zero-order valence-electron chi connectivity index (χ0n) is 8.78. The van der Waals surface area contributed by atoms with Crippen LogP contribution in [0.4, 0.5) is 0 Å². The first kappa shape index (κ1) is 11.5. The summed E-state index contributed by atoms with van der Waals surface area (Å²) in [6.07, 6.45) is 5.19. The molecule has 0 unspecified atom stereocenters. The zero-order chi connectivity index (χ0) is 10.2. The summed E-state index contributed by atoms with van der Waals surface area (Å²) in [5, 5.41) is 17.4. The summed E-state index contributed by atoms with van der Waals surface area (Å²) in [4.78, 5) is 2.42. The average molecular weight is 196 g/mol. The highest BCUT2D eigenvalue weighted by atomic mass is 16.3. The van der Waals surface area contributed by atoms with Crippen LogP contribution in [0.5, 0.6) is 0 Å². The predicted octanol–water partition coefficient (Wildman–Crippen LogP) is 1.38. The van der Waals surface area contributed by atoms with E-state index in [1.165, 1.54) is 19.4 Å². The molecule has 0 aromatic heterocycles. The van der Waals surface area contributed by atoms with E-state index in [-0.39, 0.29) is 0 Å². The number of likely N-dealkylation sites (tertiary alicyclic amines) is 1. The van der Waals surface area contributed by atoms with Crippen LogP contribution in [0, 0.1) is 17.2 Å². The van der Waals surface area contributed by atoms with Crippen LogP contribution < -0.4 is 0 Å². The Kier molecular flexibility index (Phi) is 5.58. The average Bonchev–Trinajstić information content (AvgIpc) is 2.25. The molecule has 1 aliphatic rings. The molecule has 0 amide bonds.